The van der Waals surface area contributed by atoms with Crippen LogP contribution in [-0.2, 0) is 17.5 Å². The number of morpholine rings is 1. The topological polar surface area (TPSA) is 71.8 Å². The fourth-order valence-electron chi connectivity index (χ4n) is 4.02. The fraction of sp³-hybridized carbons (Fsp3) is 0.240. The third-order valence-electron chi connectivity index (χ3n) is 5.78. The molecule has 2 aromatic carbocycles. The van der Waals surface area contributed by atoms with Crippen molar-refractivity contribution in [1.82, 2.24) is 19.5 Å². The maximum Gasteiger partial charge on any atom is 0.433 e. The molecule has 3 heterocycles. The van der Waals surface area contributed by atoms with Crippen LogP contribution in [0.2, 0.25) is 0 Å². The number of rotatable bonds is 5. The third kappa shape index (κ3) is 5.21. The second-order valence-corrected chi connectivity index (χ2v) is 8.37. The lowest BCUT2D eigenvalue weighted by atomic mass is 10.1. The van der Waals surface area contributed by atoms with Gasteiger partial charge in [-0.15, -0.1) is 0 Å². The molecule has 0 aliphatic carbocycles. The molecule has 1 N–H and O–H groups in total. The van der Waals surface area contributed by atoms with E-state index in [4.69, 9.17) is 4.74 Å². The highest BCUT2D eigenvalue weighted by molar-refractivity contribution is 6.03. The van der Waals surface area contributed by atoms with Gasteiger partial charge in [-0.25, -0.2) is 13.9 Å². The van der Waals surface area contributed by atoms with Gasteiger partial charge in [0, 0.05) is 37.0 Å². The SMILES string of the molecule is O=C(Nc1cccc(CN2CCOCC2)c1)c1cc2nc(-c3ccc(F)cc3)cc(C(F)(F)F)n2n1. The van der Waals surface area contributed by atoms with Crippen LogP contribution in [-0.4, -0.2) is 51.7 Å². The normalized spacial score (nSPS) is 14.8. The Balaban J connectivity index is 1.42. The van der Waals surface area contributed by atoms with Gasteiger partial charge in [0.25, 0.3) is 5.91 Å². The van der Waals surface area contributed by atoms with Crippen molar-refractivity contribution in [1.29, 1.82) is 0 Å². The molecule has 1 fully saturated rings. The zero-order valence-corrected chi connectivity index (χ0v) is 18.9. The Bertz CT molecular complexity index is 1400. The Morgan fingerprint density at radius 1 is 1.03 bits per heavy atom. The van der Waals surface area contributed by atoms with Gasteiger partial charge in [0.15, 0.2) is 17.0 Å². The van der Waals surface area contributed by atoms with E-state index in [0.717, 1.165) is 36.9 Å². The first kappa shape index (κ1) is 23.9. The van der Waals surface area contributed by atoms with E-state index in [-0.39, 0.29) is 17.0 Å². The van der Waals surface area contributed by atoms with Crippen LogP contribution in [0.5, 0.6) is 0 Å². The highest BCUT2D eigenvalue weighted by Crippen LogP contribution is 2.32. The summed E-state index contributed by atoms with van der Waals surface area (Å²) in [5, 5.41) is 6.58. The van der Waals surface area contributed by atoms with E-state index in [1.54, 1.807) is 12.1 Å². The van der Waals surface area contributed by atoms with Crippen LogP contribution < -0.4 is 5.32 Å². The van der Waals surface area contributed by atoms with Gasteiger partial charge >= 0.3 is 6.18 Å². The molecule has 1 aliphatic heterocycles. The van der Waals surface area contributed by atoms with Gasteiger partial charge in [-0.2, -0.15) is 18.3 Å². The minimum atomic E-state index is -4.76. The molecule has 11 heteroatoms. The van der Waals surface area contributed by atoms with Gasteiger partial charge in [0.05, 0.1) is 18.9 Å². The maximum atomic E-state index is 13.8. The van der Waals surface area contributed by atoms with Crippen LogP contribution in [0, 0.1) is 5.82 Å². The highest BCUT2D eigenvalue weighted by Gasteiger charge is 2.35. The lowest BCUT2D eigenvalue weighted by molar-refractivity contribution is -0.142. The molecule has 1 amide bonds. The van der Waals surface area contributed by atoms with Crippen molar-refractivity contribution in [2.24, 2.45) is 0 Å². The van der Waals surface area contributed by atoms with E-state index in [2.05, 4.69) is 20.3 Å². The van der Waals surface area contributed by atoms with Crippen LogP contribution in [0.25, 0.3) is 16.9 Å². The van der Waals surface area contributed by atoms with E-state index in [1.807, 2.05) is 12.1 Å². The van der Waals surface area contributed by atoms with Crippen molar-refractivity contribution in [3.63, 3.8) is 0 Å². The molecule has 0 radical (unpaired) electrons. The second-order valence-electron chi connectivity index (χ2n) is 8.37. The number of nitrogens with one attached hydrogen (secondary N) is 1. The van der Waals surface area contributed by atoms with E-state index in [0.29, 0.717) is 35.5 Å². The molecule has 0 unspecified atom stereocenters. The second kappa shape index (κ2) is 9.67. The summed E-state index contributed by atoms with van der Waals surface area (Å²) in [7, 11) is 0. The number of fused-ring (bicyclic) bond motifs is 1. The Kier molecular flexibility index (Phi) is 6.42. The number of hydrogen-bond acceptors (Lipinski definition) is 5. The molecule has 1 aliphatic rings. The molecule has 0 spiro atoms. The molecule has 2 aromatic heterocycles. The first-order valence-corrected chi connectivity index (χ1v) is 11.2. The average molecular weight is 499 g/mol. The van der Waals surface area contributed by atoms with Crippen LogP contribution in [0.4, 0.5) is 23.2 Å². The summed E-state index contributed by atoms with van der Waals surface area (Å²) in [6.45, 7) is 3.65. The summed E-state index contributed by atoms with van der Waals surface area (Å²) in [4.78, 5) is 19.3. The smallest absolute Gasteiger partial charge is 0.379 e. The van der Waals surface area contributed by atoms with Gasteiger partial charge in [0.2, 0.25) is 0 Å². The molecule has 0 atom stereocenters. The first-order valence-electron chi connectivity index (χ1n) is 11.2. The summed E-state index contributed by atoms with van der Waals surface area (Å²) in [6, 6.07) is 14.2. The van der Waals surface area contributed by atoms with Gasteiger partial charge in [-0.05, 0) is 48.0 Å². The summed E-state index contributed by atoms with van der Waals surface area (Å²) < 4.78 is 60.7. The number of carbonyl (C=O) groups is 1. The van der Waals surface area contributed by atoms with Crippen molar-refractivity contribution in [3.05, 3.63) is 83.4 Å². The monoisotopic (exact) mass is 499 g/mol. The molecular weight excluding hydrogens is 478 g/mol. The maximum absolute atomic E-state index is 13.8. The van der Waals surface area contributed by atoms with Gasteiger partial charge < -0.3 is 10.1 Å². The van der Waals surface area contributed by atoms with Gasteiger partial charge in [-0.3, -0.25) is 9.69 Å². The number of alkyl halides is 3. The molecular formula is C25H21F4N5O2. The number of carbonyl (C=O) groups excluding carboxylic acids is 1. The summed E-state index contributed by atoms with van der Waals surface area (Å²) >= 11 is 0. The summed E-state index contributed by atoms with van der Waals surface area (Å²) in [5.41, 5.74) is 0.288. The minimum Gasteiger partial charge on any atom is -0.379 e. The Hall–Kier alpha value is -3.83. The lowest BCUT2D eigenvalue weighted by Crippen LogP contribution is -2.35. The molecule has 7 nitrogen and oxygen atoms in total. The Labute approximate surface area is 203 Å². The number of nitrogens with zero attached hydrogens (tertiary/aromatic N) is 4. The zero-order valence-electron chi connectivity index (χ0n) is 18.9. The highest BCUT2D eigenvalue weighted by atomic mass is 19.4. The lowest BCUT2D eigenvalue weighted by Gasteiger charge is -2.26. The zero-order chi connectivity index (χ0) is 25.3. The standard InChI is InChI=1S/C25H21F4N5O2/c26-18-6-4-17(5-7-18)20-13-22(25(27,28)29)34-23(31-20)14-21(32-34)24(35)30-19-3-1-2-16(12-19)15-33-8-10-36-11-9-33/h1-7,12-14H,8-11,15H2,(H,30,35). The predicted octanol–water partition coefficient (Wildman–Crippen LogP) is 4.64. The van der Waals surface area contributed by atoms with Crippen molar-refractivity contribution < 1.29 is 27.1 Å². The van der Waals surface area contributed by atoms with E-state index in [9.17, 15) is 22.4 Å². The minimum absolute atomic E-state index is 0.0162. The van der Waals surface area contributed by atoms with Crippen molar-refractivity contribution in [3.8, 4) is 11.3 Å². The number of halogens is 4. The van der Waals surface area contributed by atoms with Crippen molar-refractivity contribution in [2.75, 3.05) is 31.6 Å². The molecule has 186 valence electrons. The molecule has 4 aromatic rings. The van der Waals surface area contributed by atoms with Crippen LogP contribution in [0.1, 0.15) is 21.7 Å². The first-order chi connectivity index (χ1) is 17.3. The van der Waals surface area contributed by atoms with E-state index < -0.39 is 23.6 Å². The van der Waals surface area contributed by atoms with E-state index >= 15 is 0 Å². The number of aromatic nitrogens is 3. The molecule has 0 saturated carbocycles. The van der Waals surface area contributed by atoms with Gasteiger partial charge in [0.1, 0.15) is 5.82 Å². The quantitative estimate of drug-likeness (QED) is 0.405. The van der Waals surface area contributed by atoms with Crippen molar-refractivity contribution in [2.45, 2.75) is 12.7 Å². The predicted molar refractivity (Wildman–Crippen MR) is 124 cm³/mol. The number of anilines is 1. The molecule has 36 heavy (non-hydrogen) atoms. The number of amides is 1. The molecule has 1 saturated heterocycles. The fourth-order valence-corrected chi connectivity index (χ4v) is 4.02. The molecule has 5 rings (SSSR count). The van der Waals surface area contributed by atoms with Crippen LogP contribution in [0.15, 0.2) is 60.7 Å². The number of ether oxygens (including phenoxy) is 1. The Morgan fingerprint density at radius 2 is 1.78 bits per heavy atom. The summed E-state index contributed by atoms with van der Waals surface area (Å²) in [6.07, 6.45) is -4.76. The number of benzene rings is 2. The van der Waals surface area contributed by atoms with Crippen LogP contribution in [0.3, 0.4) is 0 Å². The summed E-state index contributed by atoms with van der Waals surface area (Å²) in [5.74, 6) is -1.19. The third-order valence-corrected chi connectivity index (χ3v) is 5.78. The number of hydrogen-bond donors (Lipinski definition) is 1. The largest absolute Gasteiger partial charge is 0.433 e. The average Bonchev–Trinajstić information content (AvgIpc) is 3.28. The molecule has 0 bridgehead atoms. The van der Waals surface area contributed by atoms with Crippen molar-refractivity contribution >= 4 is 17.2 Å². The van der Waals surface area contributed by atoms with Gasteiger partial charge in [-0.1, -0.05) is 12.1 Å². The van der Waals surface area contributed by atoms with Crippen LogP contribution >= 0.6 is 0 Å². The van der Waals surface area contributed by atoms with E-state index in [1.165, 1.54) is 18.2 Å². The Morgan fingerprint density at radius 3 is 2.50 bits per heavy atom.